The standard InChI is InChI=1S/C34H40N2O3/c1-22-24(3)36(20-25-10-9-11-29(18-25)39-34(7,8)21-37)31-17-14-27(19-30(22)31)32(38)35-23(2)26-12-15-28(16-13-26)33(4,5)6/h9-19,21,23H,20H2,1-8H3,(H,35,38)/t23-/m0/s1. The Morgan fingerprint density at radius 2 is 1.67 bits per heavy atom. The molecule has 1 atom stereocenters. The molecule has 0 spiro atoms. The number of fused-ring (bicyclic) bond motifs is 1. The van der Waals surface area contributed by atoms with E-state index in [1.54, 1.807) is 13.8 Å². The number of nitrogens with one attached hydrogen (secondary N) is 1. The molecule has 39 heavy (non-hydrogen) atoms. The number of carbonyl (C=O) groups is 2. The lowest BCUT2D eigenvalue weighted by molar-refractivity contribution is -0.119. The van der Waals surface area contributed by atoms with Gasteiger partial charge in [-0.15, -0.1) is 0 Å². The largest absolute Gasteiger partial charge is 0.480 e. The molecular formula is C34H40N2O3. The zero-order chi connectivity index (χ0) is 28.5. The van der Waals surface area contributed by atoms with Gasteiger partial charge in [0, 0.05) is 28.7 Å². The number of hydrogen-bond donors (Lipinski definition) is 1. The van der Waals surface area contributed by atoms with Crippen molar-refractivity contribution in [3.05, 3.63) is 100 Å². The molecule has 0 bridgehead atoms. The van der Waals surface area contributed by atoms with Gasteiger partial charge in [-0.25, -0.2) is 0 Å². The summed E-state index contributed by atoms with van der Waals surface area (Å²) in [6.45, 7) is 17.0. The third-order valence-corrected chi connectivity index (χ3v) is 7.43. The van der Waals surface area contributed by atoms with Crippen molar-refractivity contribution in [3.8, 4) is 5.75 Å². The smallest absolute Gasteiger partial charge is 0.251 e. The molecule has 0 radical (unpaired) electrons. The van der Waals surface area contributed by atoms with Gasteiger partial charge in [0.2, 0.25) is 0 Å². The first-order chi connectivity index (χ1) is 18.3. The maximum absolute atomic E-state index is 13.2. The van der Waals surface area contributed by atoms with Crippen LogP contribution in [0.15, 0.2) is 66.7 Å². The highest BCUT2D eigenvalue weighted by Crippen LogP contribution is 2.29. The minimum atomic E-state index is -0.879. The van der Waals surface area contributed by atoms with Gasteiger partial charge in [-0.1, -0.05) is 57.2 Å². The van der Waals surface area contributed by atoms with Crippen LogP contribution in [0.5, 0.6) is 5.75 Å². The lowest BCUT2D eigenvalue weighted by Crippen LogP contribution is -2.29. The molecule has 0 aliphatic heterocycles. The Labute approximate surface area is 232 Å². The van der Waals surface area contributed by atoms with Gasteiger partial charge in [-0.05, 0) is 92.6 Å². The van der Waals surface area contributed by atoms with Gasteiger partial charge >= 0.3 is 0 Å². The van der Waals surface area contributed by atoms with Gasteiger partial charge < -0.3 is 14.6 Å². The van der Waals surface area contributed by atoms with Crippen molar-refractivity contribution in [2.24, 2.45) is 0 Å². The first-order valence-electron chi connectivity index (χ1n) is 13.5. The molecule has 5 heteroatoms. The van der Waals surface area contributed by atoms with E-state index in [1.165, 1.54) is 5.56 Å². The minimum Gasteiger partial charge on any atom is -0.480 e. The summed E-state index contributed by atoms with van der Waals surface area (Å²) in [5.41, 5.74) is 6.66. The molecule has 0 fully saturated rings. The Hall–Kier alpha value is -3.86. The molecule has 1 aromatic heterocycles. The molecular weight excluding hydrogens is 484 g/mol. The number of ether oxygens (including phenoxy) is 1. The van der Waals surface area contributed by atoms with Crippen LogP contribution < -0.4 is 10.1 Å². The molecule has 0 aliphatic rings. The SMILES string of the molecule is Cc1c(C)n(Cc2cccc(OC(C)(C)C=O)c2)c2ccc(C(=O)N[C@@H](C)c3ccc(C(C)(C)C)cc3)cc12. The van der Waals surface area contributed by atoms with Crippen LogP contribution in [-0.2, 0) is 16.8 Å². The van der Waals surface area contributed by atoms with Crippen molar-refractivity contribution in [3.63, 3.8) is 0 Å². The normalized spacial score (nSPS) is 12.8. The molecule has 1 heterocycles. The van der Waals surface area contributed by atoms with E-state index in [0.717, 1.165) is 39.6 Å². The summed E-state index contributed by atoms with van der Waals surface area (Å²) in [5, 5.41) is 4.23. The van der Waals surface area contributed by atoms with E-state index in [0.29, 0.717) is 17.9 Å². The summed E-state index contributed by atoms with van der Waals surface area (Å²) in [4.78, 5) is 24.5. The van der Waals surface area contributed by atoms with Crippen LogP contribution >= 0.6 is 0 Å². The average molecular weight is 525 g/mol. The van der Waals surface area contributed by atoms with E-state index < -0.39 is 5.60 Å². The van der Waals surface area contributed by atoms with Crippen molar-refractivity contribution < 1.29 is 14.3 Å². The summed E-state index contributed by atoms with van der Waals surface area (Å²) >= 11 is 0. The Bertz CT molecular complexity index is 1500. The van der Waals surface area contributed by atoms with E-state index in [1.807, 2.05) is 43.3 Å². The fraction of sp³-hybridized carbons (Fsp3) is 0.353. The summed E-state index contributed by atoms with van der Waals surface area (Å²) in [6.07, 6.45) is 0.809. The Morgan fingerprint density at radius 3 is 2.31 bits per heavy atom. The Morgan fingerprint density at radius 1 is 0.974 bits per heavy atom. The molecule has 0 saturated heterocycles. The summed E-state index contributed by atoms with van der Waals surface area (Å²) < 4.78 is 8.12. The average Bonchev–Trinajstić information content (AvgIpc) is 3.12. The summed E-state index contributed by atoms with van der Waals surface area (Å²) in [7, 11) is 0. The summed E-state index contributed by atoms with van der Waals surface area (Å²) in [5.74, 6) is 0.577. The van der Waals surface area contributed by atoms with E-state index in [2.05, 4.69) is 74.8 Å². The first kappa shape index (κ1) is 28.2. The van der Waals surface area contributed by atoms with Crippen molar-refractivity contribution in [2.45, 2.75) is 79.0 Å². The van der Waals surface area contributed by atoms with Crippen LogP contribution in [0.1, 0.15) is 85.9 Å². The molecule has 1 N–H and O–H groups in total. The van der Waals surface area contributed by atoms with Gasteiger partial charge in [0.1, 0.15) is 5.75 Å². The van der Waals surface area contributed by atoms with Gasteiger partial charge in [-0.3, -0.25) is 9.59 Å². The van der Waals surface area contributed by atoms with E-state index in [9.17, 15) is 9.59 Å². The molecule has 0 unspecified atom stereocenters. The van der Waals surface area contributed by atoms with Crippen molar-refractivity contribution in [1.82, 2.24) is 9.88 Å². The number of amides is 1. The highest BCUT2D eigenvalue weighted by molar-refractivity contribution is 5.99. The summed E-state index contributed by atoms with van der Waals surface area (Å²) in [6, 6.07) is 22.1. The van der Waals surface area contributed by atoms with Crippen LogP contribution in [0.3, 0.4) is 0 Å². The van der Waals surface area contributed by atoms with Crippen LogP contribution in [0.25, 0.3) is 10.9 Å². The second-order valence-corrected chi connectivity index (χ2v) is 12.1. The number of rotatable bonds is 8. The van der Waals surface area contributed by atoms with Crippen molar-refractivity contribution in [2.75, 3.05) is 0 Å². The topological polar surface area (TPSA) is 60.3 Å². The molecule has 3 aromatic carbocycles. The van der Waals surface area contributed by atoms with E-state index >= 15 is 0 Å². The molecule has 1 amide bonds. The quantitative estimate of drug-likeness (QED) is 0.244. The van der Waals surface area contributed by atoms with Crippen molar-refractivity contribution >= 4 is 23.1 Å². The number of carbonyl (C=O) groups excluding carboxylic acids is 2. The molecule has 0 aliphatic carbocycles. The minimum absolute atomic E-state index is 0.0863. The number of nitrogens with zero attached hydrogens (tertiary/aromatic N) is 1. The third-order valence-electron chi connectivity index (χ3n) is 7.43. The lowest BCUT2D eigenvalue weighted by atomic mass is 9.86. The highest BCUT2D eigenvalue weighted by Gasteiger charge is 2.20. The van der Waals surface area contributed by atoms with Gasteiger partial charge in [0.05, 0.1) is 6.04 Å². The molecule has 0 saturated carbocycles. The monoisotopic (exact) mass is 524 g/mol. The molecule has 5 nitrogen and oxygen atoms in total. The van der Waals surface area contributed by atoms with Crippen molar-refractivity contribution in [1.29, 1.82) is 0 Å². The van der Waals surface area contributed by atoms with E-state index in [-0.39, 0.29) is 17.4 Å². The predicted molar refractivity (Wildman–Crippen MR) is 159 cm³/mol. The van der Waals surface area contributed by atoms with Gasteiger partial charge in [0.15, 0.2) is 11.9 Å². The Balaban J connectivity index is 1.55. The second-order valence-electron chi connectivity index (χ2n) is 12.1. The van der Waals surface area contributed by atoms with Crippen LogP contribution in [0, 0.1) is 13.8 Å². The van der Waals surface area contributed by atoms with Gasteiger partial charge in [-0.2, -0.15) is 0 Å². The number of aldehydes is 1. The van der Waals surface area contributed by atoms with Crippen LogP contribution in [-0.4, -0.2) is 22.4 Å². The Kier molecular flexibility index (Phi) is 7.74. The maximum Gasteiger partial charge on any atom is 0.251 e. The fourth-order valence-electron chi connectivity index (χ4n) is 4.85. The third kappa shape index (κ3) is 6.25. The maximum atomic E-state index is 13.2. The predicted octanol–water partition coefficient (Wildman–Crippen LogP) is 7.45. The second kappa shape index (κ2) is 10.7. The fourth-order valence-corrected chi connectivity index (χ4v) is 4.85. The highest BCUT2D eigenvalue weighted by atomic mass is 16.5. The number of aryl methyl sites for hydroxylation is 1. The number of hydrogen-bond acceptors (Lipinski definition) is 3. The number of aromatic nitrogens is 1. The zero-order valence-electron chi connectivity index (χ0n) is 24.4. The van der Waals surface area contributed by atoms with E-state index in [4.69, 9.17) is 4.74 Å². The number of benzene rings is 3. The first-order valence-corrected chi connectivity index (χ1v) is 13.5. The molecule has 4 rings (SSSR count). The lowest BCUT2D eigenvalue weighted by Gasteiger charge is -2.21. The molecule has 4 aromatic rings. The van der Waals surface area contributed by atoms with Gasteiger partial charge in [0.25, 0.3) is 5.91 Å². The zero-order valence-corrected chi connectivity index (χ0v) is 24.4. The van der Waals surface area contributed by atoms with Crippen LogP contribution in [0.4, 0.5) is 0 Å². The molecule has 204 valence electrons. The van der Waals surface area contributed by atoms with Crippen LogP contribution in [0.2, 0.25) is 0 Å².